The van der Waals surface area contributed by atoms with Crippen LogP contribution in [0.3, 0.4) is 0 Å². The Morgan fingerprint density at radius 3 is 2.48 bits per heavy atom. The Balaban J connectivity index is 1.50. The van der Waals surface area contributed by atoms with Crippen molar-refractivity contribution in [3.8, 4) is 11.8 Å². The molecule has 0 bridgehead atoms. The molecule has 0 unspecified atom stereocenters. The van der Waals surface area contributed by atoms with Crippen molar-refractivity contribution in [2.45, 2.75) is 12.4 Å². The smallest absolute Gasteiger partial charge is 0.180 e. The highest BCUT2D eigenvalue weighted by Crippen LogP contribution is 2.16. The maximum Gasteiger partial charge on any atom is 0.180 e. The summed E-state index contributed by atoms with van der Waals surface area (Å²) in [6, 6.07) is 27.1. The van der Waals surface area contributed by atoms with E-state index in [1.807, 2.05) is 72.8 Å². The first-order valence-electron chi connectivity index (χ1n) is 8.98. The summed E-state index contributed by atoms with van der Waals surface area (Å²) < 4.78 is 5.76. The van der Waals surface area contributed by atoms with Crippen molar-refractivity contribution in [2.75, 3.05) is 0 Å². The third-order valence-electron chi connectivity index (χ3n) is 4.00. The van der Waals surface area contributed by atoms with Gasteiger partial charge in [0.1, 0.15) is 12.4 Å². The first-order valence-corrected chi connectivity index (χ1v) is 9.97. The average Bonchev–Trinajstić information content (AvgIpc) is 2.78. The molecule has 0 saturated carbocycles. The summed E-state index contributed by atoms with van der Waals surface area (Å²) in [5.74, 6) is 1.48. The summed E-state index contributed by atoms with van der Waals surface area (Å²) in [5, 5.41) is 17.6. The Labute approximate surface area is 174 Å². The van der Waals surface area contributed by atoms with Gasteiger partial charge >= 0.3 is 0 Å². The van der Waals surface area contributed by atoms with Crippen LogP contribution in [-0.2, 0) is 12.4 Å². The molecular formula is C23H20N4OS. The Kier molecular flexibility index (Phi) is 7.44. The number of nitrogens with two attached hydrogens (primary N) is 1. The largest absolute Gasteiger partial charge is 0.489 e. The van der Waals surface area contributed by atoms with Gasteiger partial charge in [-0.1, -0.05) is 60.3 Å². The minimum atomic E-state index is 0.344. The fourth-order valence-corrected chi connectivity index (χ4v) is 3.09. The van der Waals surface area contributed by atoms with Crippen molar-refractivity contribution >= 4 is 23.1 Å². The van der Waals surface area contributed by atoms with E-state index in [2.05, 4.69) is 16.3 Å². The summed E-state index contributed by atoms with van der Waals surface area (Å²) in [6.45, 7) is 0.344. The zero-order valence-electron chi connectivity index (χ0n) is 15.7. The topological polar surface area (TPSA) is 83.8 Å². The predicted octanol–water partition coefficient (Wildman–Crippen LogP) is 4.72. The Morgan fingerprint density at radius 1 is 1.00 bits per heavy atom. The first kappa shape index (κ1) is 20.2. The van der Waals surface area contributed by atoms with Gasteiger partial charge in [0.05, 0.1) is 17.8 Å². The number of ether oxygens (including phenoxy) is 1. The van der Waals surface area contributed by atoms with Crippen LogP contribution in [0.5, 0.6) is 5.75 Å². The zero-order valence-corrected chi connectivity index (χ0v) is 16.5. The number of nitriles is 1. The Hall–Kier alpha value is -3.56. The summed E-state index contributed by atoms with van der Waals surface area (Å²) in [5.41, 5.74) is 9.44. The highest BCUT2D eigenvalue weighted by molar-refractivity contribution is 8.13. The van der Waals surface area contributed by atoms with Gasteiger partial charge in [-0.05, 0) is 41.5 Å². The second kappa shape index (κ2) is 10.7. The van der Waals surface area contributed by atoms with Gasteiger partial charge in [0, 0.05) is 11.3 Å². The van der Waals surface area contributed by atoms with Crippen molar-refractivity contribution < 1.29 is 4.74 Å². The lowest BCUT2D eigenvalue weighted by molar-refractivity contribution is 0.306. The molecule has 0 amide bonds. The highest BCUT2D eigenvalue weighted by atomic mass is 32.2. The lowest BCUT2D eigenvalue weighted by atomic mass is 10.1. The van der Waals surface area contributed by atoms with Crippen molar-refractivity contribution in [2.24, 2.45) is 15.9 Å². The second-order valence-electron chi connectivity index (χ2n) is 6.08. The Bertz CT molecular complexity index is 1020. The van der Waals surface area contributed by atoms with E-state index in [1.54, 1.807) is 12.3 Å². The normalized spacial score (nSPS) is 11.3. The molecule has 0 radical (unpaired) electrons. The van der Waals surface area contributed by atoms with Crippen LogP contribution >= 0.6 is 11.8 Å². The molecule has 3 aromatic rings. The molecule has 144 valence electrons. The van der Waals surface area contributed by atoms with Gasteiger partial charge < -0.3 is 10.5 Å². The van der Waals surface area contributed by atoms with Crippen molar-refractivity contribution in [3.05, 3.63) is 101 Å². The molecule has 2 N–H and O–H groups in total. The molecule has 0 saturated heterocycles. The number of benzene rings is 3. The highest BCUT2D eigenvalue weighted by Gasteiger charge is 2.02. The van der Waals surface area contributed by atoms with Crippen molar-refractivity contribution in [3.63, 3.8) is 0 Å². The quantitative estimate of drug-likeness (QED) is 0.353. The van der Waals surface area contributed by atoms with E-state index in [0.29, 0.717) is 17.3 Å². The average molecular weight is 401 g/mol. The number of nitrogens with zero attached hydrogens (tertiary/aromatic N) is 3. The lowest BCUT2D eigenvalue weighted by Crippen LogP contribution is -2.05. The number of rotatable bonds is 7. The van der Waals surface area contributed by atoms with Crippen LogP contribution < -0.4 is 10.5 Å². The van der Waals surface area contributed by atoms with E-state index in [-0.39, 0.29) is 0 Å². The van der Waals surface area contributed by atoms with Gasteiger partial charge in [0.25, 0.3) is 0 Å². The molecule has 6 heteroatoms. The summed E-state index contributed by atoms with van der Waals surface area (Å²) in [4.78, 5) is 0. The van der Waals surface area contributed by atoms with Crippen LogP contribution in [0.2, 0.25) is 0 Å². The van der Waals surface area contributed by atoms with E-state index in [4.69, 9.17) is 15.7 Å². The van der Waals surface area contributed by atoms with Gasteiger partial charge in [-0.3, -0.25) is 0 Å². The van der Waals surface area contributed by atoms with Crippen molar-refractivity contribution in [1.82, 2.24) is 0 Å². The van der Waals surface area contributed by atoms with Crippen LogP contribution in [0.4, 0.5) is 0 Å². The molecule has 0 spiro atoms. The maximum absolute atomic E-state index is 9.12. The van der Waals surface area contributed by atoms with Gasteiger partial charge in [0.2, 0.25) is 0 Å². The van der Waals surface area contributed by atoms with Crippen molar-refractivity contribution in [1.29, 1.82) is 5.26 Å². The Morgan fingerprint density at radius 2 is 1.72 bits per heavy atom. The summed E-state index contributed by atoms with van der Waals surface area (Å²) >= 11 is 1.45. The van der Waals surface area contributed by atoms with Crippen LogP contribution in [0.1, 0.15) is 22.3 Å². The predicted molar refractivity (Wildman–Crippen MR) is 119 cm³/mol. The maximum atomic E-state index is 9.12. The van der Waals surface area contributed by atoms with Crippen LogP contribution in [0, 0.1) is 11.3 Å². The molecule has 3 rings (SSSR count). The minimum absolute atomic E-state index is 0.344. The van der Waals surface area contributed by atoms with Gasteiger partial charge in [-0.15, -0.1) is 5.10 Å². The standard InChI is InChI=1S/C23H20N4OS/c24-14-20-8-4-5-9-21(20)16-28-22-12-10-18(11-13-22)15-26-27-23(25)29-17-19-6-2-1-3-7-19/h1-13,15H,16-17H2,(H2,25,27). The fraction of sp³-hybridized carbons (Fsp3) is 0.0870. The third kappa shape index (κ3) is 6.52. The zero-order chi connectivity index (χ0) is 20.3. The first-order chi connectivity index (χ1) is 14.2. The number of thioether (sulfide) groups is 1. The lowest BCUT2D eigenvalue weighted by Gasteiger charge is -2.07. The van der Waals surface area contributed by atoms with Crippen LogP contribution in [0.15, 0.2) is 89.1 Å². The fourth-order valence-electron chi connectivity index (χ4n) is 2.48. The van der Waals surface area contributed by atoms with Crippen LogP contribution in [-0.4, -0.2) is 11.4 Å². The van der Waals surface area contributed by atoms with E-state index in [9.17, 15) is 0 Å². The van der Waals surface area contributed by atoms with E-state index in [1.165, 1.54) is 17.3 Å². The molecule has 3 aromatic carbocycles. The molecule has 29 heavy (non-hydrogen) atoms. The molecular weight excluding hydrogens is 380 g/mol. The molecule has 0 aliphatic rings. The molecule has 0 aromatic heterocycles. The third-order valence-corrected chi connectivity index (χ3v) is 4.86. The molecule has 0 aliphatic heterocycles. The summed E-state index contributed by atoms with van der Waals surface area (Å²) in [6.07, 6.45) is 1.64. The van der Waals surface area contributed by atoms with E-state index < -0.39 is 0 Å². The molecule has 0 fully saturated rings. The second-order valence-corrected chi connectivity index (χ2v) is 7.08. The summed E-state index contributed by atoms with van der Waals surface area (Å²) in [7, 11) is 0. The van der Waals surface area contributed by atoms with E-state index >= 15 is 0 Å². The van der Waals surface area contributed by atoms with E-state index in [0.717, 1.165) is 22.6 Å². The number of hydrogen-bond acceptors (Lipinski definition) is 5. The van der Waals surface area contributed by atoms with Gasteiger partial charge in [-0.2, -0.15) is 10.4 Å². The van der Waals surface area contributed by atoms with Gasteiger partial charge in [0.15, 0.2) is 5.17 Å². The number of amidine groups is 1. The molecule has 5 nitrogen and oxygen atoms in total. The molecule has 0 atom stereocenters. The minimum Gasteiger partial charge on any atom is -0.489 e. The molecule has 0 aliphatic carbocycles. The monoisotopic (exact) mass is 400 g/mol. The van der Waals surface area contributed by atoms with Gasteiger partial charge in [-0.25, -0.2) is 0 Å². The molecule has 0 heterocycles. The number of hydrogen-bond donors (Lipinski definition) is 1. The van der Waals surface area contributed by atoms with Crippen LogP contribution in [0.25, 0.3) is 0 Å². The SMILES string of the molecule is N#Cc1ccccc1COc1ccc(C=NN=C(N)SCc2ccccc2)cc1.